The van der Waals surface area contributed by atoms with E-state index in [2.05, 4.69) is 4.98 Å². The lowest BCUT2D eigenvalue weighted by Gasteiger charge is -2.08. The smallest absolute Gasteiger partial charge is 0.175 e. The van der Waals surface area contributed by atoms with Gasteiger partial charge in [-0.2, -0.15) is 5.10 Å². The van der Waals surface area contributed by atoms with Crippen LogP contribution in [0.5, 0.6) is 0 Å². The number of halogens is 1. The molecule has 182 valence electrons. The SMILES string of the molecule is CS(=O)(=O)c1cccc(-c2ccc(-c3cc(COCc4ccccn4)nn3-c3ccccc3Cl)s2)c1. The Morgan fingerprint density at radius 3 is 2.44 bits per heavy atom. The van der Waals surface area contributed by atoms with Crippen molar-refractivity contribution in [1.29, 1.82) is 0 Å². The van der Waals surface area contributed by atoms with Crippen LogP contribution in [0.1, 0.15) is 11.4 Å². The summed E-state index contributed by atoms with van der Waals surface area (Å²) in [6.07, 6.45) is 2.95. The van der Waals surface area contributed by atoms with Crippen LogP contribution in [0.4, 0.5) is 0 Å². The van der Waals surface area contributed by atoms with Gasteiger partial charge < -0.3 is 4.74 Å². The lowest BCUT2D eigenvalue weighted by molar-refractivity contribution is 0.102. The Kier molecular flexibility index (Phi) is 7.02. The molecule has 0 fully saturated rings. The Labute approximate surface area is 218 Å². The van der Waals surface area contributed by atoms with Crippen molar-refractivity contribution in [2.45, 2.75) is 18.1 Å². The molecule has 0 radical (unpaired) electrons. The third-order valence-corrected chi connectivity index (χ3v) is 8.06. The van der Waals surface area contributed by atoms with Gasteiger partial charge in [-0.15, -0.1) is 11.3 Å². The number of benzene rings is 2. The molecule has 0 aliphatic heterocycles. The van der Waals surface area contributed by atoms with Crippen LogP contribution in [0.15, 0.2) is 96.0 Å². The molecule has 0 atom stereocenters. The molecule has 0 unspecified atom stereocenters. The van der Waals surface area contributed by atoms with Crippen molar-refractivity contribution in [1.82, 2.24) is 14.8 Å². The third-order valence-electron chi connectivity index (χ3n) is 5.47. The first-order valence-corrected chi connectivity index (χ1v) is 14.2. The van der Waals surface area contributed by atoms with E-state index in [1.54, 1.807) is 35.7 Å². The van der Waals surface area contributed by atoms with E-state index in [1.165, 1.54) is 6.26 Å². The van der Waals surface area contributed by atoms with Gasteiger partial charge in [0.25, 0.3) is 0 Å². The van der Waals surface area contributed by atoms with Gasteiger partial charge in [0.1, 0.15) is 0 Å². The minimum Gasteiger partial charge on any atom is -0.369 e. The molecule has 5 rings (SSSR count). The van der Waals surface area contributed by atoms with E-state index in [0.717, 1.165) is 38.1 Å². The van der Waals surface area contributed by atoms with Crippen LogP contribution in [0.2, 0.25) is 5.02 Å². The Balaban J connectivity index is 1.48. The molecule has 6 nitrogen and oxygen atoms in total. The number of para-hydroxylation sites is 1. The van der Waals surface area contributed by atoms with Gasteiger partial charge in [0.15, 0.2) is 9.84 Å². The molecule has 2 aromatic carbocycles. The van der Waals surface area contributed by atoms with Gasteiger partial charge in [-0.25, -0.2) is 13.1 Å². The number of pyridine rings is 1. The van der Waals surface area contributed by atoms with Crippen molar-refractivity contribution in [2.75, 3.05) is 6.26 Å². The summed E-state index contributed by atoms with van der Waals surface area (Å²) < 4.78 is 31.7. The summed E-state index contributed by atoms with van der Waals surface area (Å²) in [6, 6.07) is 26.2. The standard InChI is InChI=1S/C27H22ClN3O3S2/c1-36(32,33)22-9-6-7-19(15-22)26-12-13-27(35-26)25-16-21(18-34-17-20-8-4-5-14-29-20)30-31(25)24-11-3-2-10-23(24)28/h2-16H,17-18H2,1H3. The Bertz CT molecular complexity index is 1610. The van der Waals surface area contributed by atoms with Crippen LogP contribution in [0.3, 0.4) is 0 Å². The summed E-state index contributed by atoms with van der Waals surface area (Å²) in [5.41, 5.74) is 4.09. The van der Waals surface area contributed by atoms with Crippen molar-refractivity contribution in [3.63, 3.8) is 0 Å². The molecular weight excluding hydrogens is 514 g/mol. The molecule has 0 spiro atoms. The van der Waals surface area contributed by atoms with Gasteiger partial charge in [0.2, 0.25) is 0 Å². The van der Waals surface area contributed by atoms with E-state index >= 15 is 0 Å². The zero-order valence-electron chi connectivity index (χ0n) is 19.3. The average molecular weight is 536 g/mol. The number of rotatable bonds is 8. The van der Waals surface area contributed by atoms with Gasteiger partial charge in [0.05, 0.1) is 50.8 Å². The first kappa shape index (κ1) is 24.4. The van der Waals surface area contributed by atoms with E-state index in [-0.39, 0.29) is 0 Å². The molecule has 5 aromatic rings. The highest BCUT2D eigenvalue weighted by atomic mass is 35.5. The van der Waals surface area contributed by atoms with Crippen LogP contribution >= 0.6 is 22.9 Å². The highest BCUT2D eigenvalue weighted by Gasteiger charge is 2.17. The molecule has 0 bridgehead atoms. The second kappa shape index (κ2) is 10.4. The zero-order valence-corrected chi connectivity index (χ0v) is 21.7. The van der Waals surface area contributed by atoms with Crippen LogP contribution in [0.25, 0.3) is 26.7 Å². The number of ether oxygens (including phenoxy) is 1. The quantitative estimate of drug-likeness (QED) is 0.229. The lowest BCUT2D eigenvalue weighted by atomic mass is 10.2. The number of sulfone groups is 1. The van der Waals surface area contributed by atoms with Gasteiger partial charge in [-0.3, -0.25) is 4.98 Å². The van der Waals surface area contributed by atoms with Crippen molar-refractivity contribution < 1.29 is 13.2 Å². The van der Waals surface area contributed by atoms with Gasteiger partial charge in [-0.1, -0.05) is 41.9 Å². The van der Waals surface area contributed by atoms with Crippen LogP contribution < -0.4 is 0 Å². The molecule has 9 heteroatoms. The second-order valence-electron chi connectivity index (χ2n) is 8.16. The number of nitrogens with zero attached hydrogens (tertiary/aromatic N) is 3. The maximum Gasteiger partial charge on any atom is 0.175 e. The number of aromatic nitrogens is 3. The predicted octanol–water partition coefficient (Wildman–Crippen LogP) is 6.44. The van der Waals surface area contributed by atoms with Crippen LogP contribution in [-0.2, 0) is 27.8 Å². The monoisotopic (exact) mass is 535 g/mol. The molecule has 0 N–H and O–H groups in total. The molecule has 0 amide bonds. The lowest BCUT2D eigenvalue weighted by Crippen LogP contribution is -2.01. The van der Waals surface area contributed by atoms with Gasteiger partial charge in [0, 0.05) is 17.3 Å². The Hall–Kier alpha value is -3.30. The normalized spacial score (nSPS) is 11.6. The average Bonchev–Trinajstić information content (AvgIpc) is 3.52. The molecule has 3 heterocycles. The molecular formula is C27H22ClN3O3S2. The summed E-state index contributed by atoms with van der Waals surface area (Å²) in [5.74, 6) is 0. The molecule has 0 aliphatic carbocycles. The third kappa shape index (κ3) is 5.42. The minimum absolute atomic E-state index is 0.295. The van der Waals surface area contributed by atoms with Crippen molar-refractivity contribution in [3.05, 3.63) is 108 Å². The van der Waals surface area contributed by atoms with Crippen LogP contribution in [-0.4, -0.2) is 29.4 Å². The summed E-state index contributed by atoms with van der Waals surface area (Å²) in [6.45, 7) is 0.699. The van der Waals surface area contributed by atoms with E-state index in [4.69, 9.17) is 21.4 Å². The van der Waals surface area contributed by atoms with E-state index < -0.39 is 9.84 Å². The number of hydrogen-bond donors (Lipinski definition) is 0. The fourth-order valence-electron chi connectivity index (χ4n) is 3.74. The van der Waals surface area contributed by atoms with Crippen molar-refractivity contribution in [2.24, 2.45) is 0 Å². The number of hydrogen-bond acceptors (Lipinski definition) is 6. The number of thiophene rings is 1. The fraction of sp³-hybridized carbons (Fsp3) is 0.111. The van der Waals surface area contributed by atoms with E-state index in [0.29, 0.717) is 23.1 Å². The highest BCUT2D eigenvalue weighted by molar-refractivity contribution is 7.90. The Morgan fingerprint density at radius 1 is 0.889 bits per heavy atom. The van der Waals surface area contributed by atoms with Crippen molar-refractivity contribution >= 4 is 32.8 Å². The summed E-state index contributed by atoms with van der Waals surface area (Å²) in [7, 11) is -3.29. The molecule has 0 saturated heterocycles. The van der Waals surface area contributed by atoms with Crippen molar-refractivity contribution in [3.8, 4) is 26.7 Å². The molecule has 0 aliphatic rings. The maximum absolute atomic E-state index is 12.0. The molecule has 36 heavy (non-hydrogen) atoms. The molecule has 3 aromatic heterocycles. The first-order valence-electron chi connectivity index (χ1n) is 11.1. The Morgan fingerprint density at radius 2 is 1.67 bits per heavy atom. The predicted molar refractivity (Wildman–Crippen MR) is 143 cm³/mol. The van der Waals surface area contributed by atoms with Gasteiger partial charge in [-0.05, 0) is 60.2 Å². The highest BCUT2D eigenvalue weighted by Crippen LogP contribution is 2.37. The fourth-order valence-corrected chi connectivity index (χ4v) is 5.62. The second-order valence-corrected chi connectivity index (χ2v) is 11.7. The van der Waals surface area contributed by atoms with Gasteiger partial charge >= 0.3 is 0 Å². The summed E-state index contributed by atoms with van der Waals surface area (Å²) >= 11 is 8.08. The zero-order chi connectivity index (χ0) is 25.1. The van der Waals surface area contributed by atoms with E-state index in [1.807, 2.05) is 71.4 Å². The van der Waals surface area contributed by atoms with Crippen LogP contribution in [0, 0.1) is 0 Å². The largest absolute Gasteiger partial charge is 0.369 e. The molecule has 0 saturated carbocycles. The summed E-state index contributed by atoms with van der Waals surface area (Å²) in [4.78, 5) is 6.51. The summed E-state index contributed by atoms with van der Waals surface area (Å²) in [5, 5.41) is 5.38. The minimum atomic E-state index is -3.29. The topological polar surface area (TPSA) is 74.1 Å². The van der Waals surface area contributed by atoms with E-state index in [9.17, 15) is 8.42 Å². The first-order chi connectivity index (χ1) is 17.4. The maximum atomic E-state index is 12.0.